The number of nitrogens with zero attached hydrogens (tertiary/aromatic N) is 2. The van der Waals surface area contributed by atoms with Crippen molar-refractivity contribution < 1.29 is 14.3 Å². The average Bonchev–Trinajstić information content (AvgIpc) is 2.98. The first-order valence-corrected chi connectivity index (χ1v) is 7.12. The van der Waals surface area contributed by atoms with Crippen LogP contribution in [-0.4, -0.2) is 46.4 Å². The number of hydrogen-bond donors (Lipinski definition) is 1. The van der Waals surface area contributed by atoms with E-state index in [1.807, 2.05) is 11.8 Å². The van der Waals surface area contributed by atoms with Gasteiger partial charge in [-0.2, -0.15) is 0 Å². The van der Waals surface area contributed by atoms with Crippen molar-refractivity contribution in [3.05, 3.63) is 18.2 Å². The van der Waals surface area contributed by atoms with Gasteiger partial charge in [0.1, 0.15) is 0 Å². The van der Waals surface area contributed by atoms with Crippen molar-refractivity contribution in [3.63, 3.8) is 0 Å². The van der Waals surface area contributed by atoms with Crippen LogP contribution in [0, 0.1) is 5.92 Å². The number of H-pyrrole nitrogens is 1. The van der Waals surface area contributed by atoms with Crippen molar-refractivity contribution in [1.82, 2.24) is 14.9 Å². The third-order valence-electron chi connectivity index (χ3n) is 3.63. The molecule has 1 N–H and O–H groups in total. The summed E-state index contributed by atoms with van der Waals surface area (Å²) in [6.45, 7) is 3.52. The van der Waals surface area contributed by atoms with Crippen LogP contribution < -0.4 is 0 Å². The maximum atomic E-state index is 12.1. The van der Waals surface area contributed by atoms with E-state index in [0.29, 0.717) is 45.4 Å². The van der Waals surface area contributed by atoms with Gasteiger partial charge in [0.25, 0.3) is 0 Å². The molecule has 1 aliphatic heterocycles. The van der Waals surface area contributed by atoms with Crippen LogP contribution in [0.25, 0.3) is 0 Å². The van der Waals surface area contributed by atoms with E-state index in [9.17, 15) is 9.59 Å². The summed E-state index contributed by atoms with van der Waals surface area (Å²) >= 11 is 0. The summed E-state index contributed by atoms with van der Waals surface area (Å²) in [7, 11) is 0. The van der Waals surface area contributed by atoms with Crippen LogP contribution in [0.2, 0.25) is 0 Å². The van der Waals surface area contributed by atoms with Gasteiger partial charge in [0.05, 0.1) is 18.9 Å². The molecule has 0 aromatic carbocycles. The Balaban J connectivity index is 1.73. The Bertz CT molecular complexity index is 437. The lowest BCUT2D eigenvalue weighted by Gasteiger charge is -2.30. The number of carbonyl (C=O) groups excluding carboxylic acids is 2. The smallest absolute Gasteiger partial charge is 0.309 e. The van der Waals surface area contributed by atoms with Crippen LogP contribution in [0.1, 0.15) is 31.9 Å². The van der Waals surface area contributed by atoms with Crippen LogP contribution in [0.3, 0.4) is 0 Å². The number of aromatic amines is 1. The molecule has 0 saturated carbocycles. The van der Waals surface area contributed by atoms with Crippen LogP contribution in [0.4, 0.5) is 0 Å². The van der Waals surface area contributed by atoms with Gasteiger partial charge in [-0.15, -0.1) is 0 Å². The fourth-order valence-electron chi connectivity index (χ4n) is 2.45. The highest BCUT2D eigenvalue weighted by Crippen LogP contribution is 2.19. The SMILES string of the molecule is CCOC(=O)C1CCN(C(=O)CCc2cnc[nH]2)CC1. The topological polar surface area (TPSA) is 75.3 Å². The molecule has 0 radical (unpaired) electrons. The number of aromatic nitrogens is 2. The Morgan fingerprint density at radius 1 is 1.45 bits per heavy atom. The standard InChI is InChI=1S/C14H21N3O3/c1-2-20-14(19)11-5-7-17(8-6-11)13(18)4-3-12-9-15-10-16-12/h9-11H,2-8H2,1H3,(H,15,16). The predicted octanol–water partition coefficient (Wildman–Crippen LogP) is 1.14. The molecule has 1 aromatic heterocycles. The minimum Gasteiger partial charge on any atom is -0.466 e. The van der Waals surface area contributed by atoms with E-state index in [1.54, 1.807) is 12.5 Å². The molecule has 6 nitrogen and oxygen atoms in total. The minimum absolute atomic E-state index is 0.0494. The third-order valence-corrected chi connectivity index (χ3v) is 3.63. The van der Waals surface area contributed by atoms with E-state index in [0.717, 1.165) is 5.69 Å². The van der Waals surface area contributed by atoms with Crippen molar-refractivity contribution in [2.24, 2.45) is 5.92 Å². The minimum atomic E-state index is -0.128. The highest BCUT2D eigenvalue weighted by Gasteiger charge is 2.27. The zero-order valence-corrected chi connectivity index (χ0v) is 11.8. The molecule has 2 heterocycles. The van der Waals surface area contributed by atoms with Crippen molar-refractivity contribution in [2.45, 2.75) is 32.6 Å². The zero-order chi connectivity index (χ0) is 14.4. The molecule has 0 spiro atoms. The van der Waals surface area contributed by atoms with Gasteiger partial charge in [0.15, 0.2) is 0 Å². The first-order valence-electron chi connectivity index (χ1n) is 7.12. The molecule has 0 unspecified atom stereocenters. The number of piperidine rings is 1. The van der Waals surface area contributed by atoms with Crippen LogP contribution in [0.15, 0.2) is 12.5 Å². The van der Waals surface area contributed by atoms with Crippen LogP contribution in [-0.2, 0) is 20.7 Å². The molecule has 2 rings (SSSR count). The lowest BCUT2D eigenvalue weighted by atomic mass is 9.96. The highest BCUT2D eigenvalue weighted by molar-refractivity contribution is 5.77. The molecule has 0 aliphatic carbocycles. The number of hydrogen-bond acceptors (Lipinski definition) is 4. The number of nitrogens with one attached hydrogen (secondary N) is 1. The lowest BCUT2D eigenvalue weighted by Crippen LogP contribution is -2.40. The van der Waals surface area contributed by atoms with E-state index >= 15 is 0 Å². The van der Waals surface area contributed by atoms with E-state index in [1.165, 1.54) is 0 Å². The summed E-state index contributed by atoms with van der Waals surface area (Å²) in [5, 5.41) is 0. The molecular weight excluding hydrogens is 258 g/mol. The van der Waals surface area contributed by atoms with Gasteiger partial charge in [0.2, 0.25) is 5.91 Å². The summed E-state index contributed by atoms with van der Waals surface area (Å²) < 4.78 is 5.02. The number of carbonyl (C=O) groups is 2. The normalized spacial score (nSPS) is 16.1. The van der Waals surface area contributed by atoms with Gasteiger partial charge in [-0.25, -0.2) is 4.98 Å². The first kappa shape index (κ1) is 14.6. The molecule has 1 saturated heterocycles. The second-order valence-electron chi connectivity index (χ2n) is 4.98. The van der Waals surface area contributed by atoms with Gasteiger partial charge in [-0.1, -0.05) is 0 Å². The number of imidazole rings is 1. The second kappa shape index (κ2) is 7.07. The largest absolute Gasteiger partial charge is 0.466 e. The summed E-state index contributed by atoms with van der Waals surface area (Å²) in [5.41, 5.74) is 0.972. The number of amides is 1. The second-order valence-corrected chi connectivity index (χ2v) is 4.98. The van der Waals surface area contributed by atoms with Gasteiger partial charge in [-0.05, 0) is 26.2 Å². The van der Waals surface area contributed by atoms with Crippen LogP contribution in [0.5, 0.6) is 0 Å². The Morgan fingerprint density at radius 3 is 2.80 bits per heavy atom. The van der Waals surface area contributed by atoms with Gasteiger partial charge < -0.3 is 14.6 Å². The molecule has 0 bridgehead atoms. The quantitative estimate of drug-likeness (QED) is 0.820. The maximum absolute atomic E-state index is 12.1. The monoisotopic (exact) mass is 279 g/mol. The van der Waals surface area contributed by atoms with E-state index in [4.69, 9.17) is 4.74 Å². The predicted molar refractivity (Wildman–Crippen MR) is 72.8 cm³/mol. The fourth-order valence-corrected chi connectivity index (χ4v) is 2.45. The van der Waals surface area contributed by atoms with Crippen LogP contribution >= 0.6 is 0 Å². The fraction of sp³-hybridized carbons (Fsp3) is 0.643. The van der Waals surface area contributed by atoms with Crippen molar-refractivity contribution in [2.75, 3.05) is 19.7 Å². The number of likely N-dealkylation sites (tertiary alicyclic amines) is 1. The molecule has 1 amide bonds. The number of aryl methyl sites for hydroxylation is 1. The summed E-state index contributed by atoms with van der Waals surface area (Å²) in [6.07, 6.45) is 5.91. The molecule has 1 aliphatic rings. The Morgan fingerprint density at radius 2 is 2.20 bits per heavy atom. The zero-order valence-electron chi connectivity index (χ0n) is 11.8. The Hall–Kier alpha value is -1.85. The van der Waals surface area contributed by atoms with Crippen molar-refractivity contribution >= 4 is 11.9 Å². The summed E-state index contributed by atoms with van der Waals surface area (Å²) in [4.78, 5) is 32.4. The van der Waals surface area contributed by atoms with Gasteiger partial charge >= 0.3 is 5.97 Å². The summed E-state index contributed by atoms with van der Waals surface area (Å²) in [5.74, 6) is -0.0365. The van der Waals surface area contributed by atoms with E-state index in [2.05, 4.69) is 9.97 Å². The molecule has 110 valence electrons. The van der Waals surface area contributed by atoms with Crippen molar-refractivity contribution in [3.8, 4) is 0 Å². The highest BCUT2D eigenvalue weighted by atomic mass is 16.5. The average molecular weight is 279 g/mol. The lowest BCUT2D eigenvalue weighted by molar-refractivity contribution is -0.151. The van der Waals surface area contributed by atoms with Gasteiger partial charge in [0, 0.05) is 31.4 Å². The molecular formula is C14H21N3O3. The Kier molecular flexibility index (Phi) is 5.15. The molecule has 6 heteroatoms. The van der Waals surface area contributed by atoms with E-state index < -0.39 is 0 Å². The van der Waals surface area contributed by atoms with Crippen molar-refractivity contribution in [1.29, 1.82) is 0 Å². The van der Waals surface area contributed by atoms with Gasteiger partial charge in [-0.3, -0.25) is 9.59 Å². The molecule has 1 aromatic rings. The number of esters is 1. The van der Waals surface area contributed by atoms with E-state index in [-0.39, 0.29) is 17.8 Å². The molecule has 20 heavy (non-hydrogen) atoms. The number of rotatable bonds is 5. The maximum Gasteiger partial charge on any atom is 0.309 e. The Labute approximate surface area is 118 Å². The molecule has 0 atom stereocenters. The number of ether oxygens (including phenoxy) is 1. The summed E-state index contributed by atoms with van der Waals surface area (Å²) in [6, 6.07) is 0. The first-order chi connectivity index (χ1) is 9.70. The third kappa shape index (κ3) is 3.82. The molecule has 1 fully saturated rings.